The third kappa shape index (κ3) is 4.23. The van der Waals surface area contributed by atoms with Gasteiger partial charge < -0.3 is 19.7 Å². The van der Waals surface area contributed by atoms with E-state index in [0.717, 1.165) is 25.3 Å². The van der Waals surface area contributed by atoms with Gasteiger partial charge in [0.05, 0.1) is 23.1 Å². The van der Waals surface area contributed by atoms with Crippen LogP contribution < -0.4 is 0 Å². The standard InChI is InChI=1S/C11H12O9S/c1-18-21(16,17)9-3-7(10(14)19-5-12)2-8(4-9)11(15)20-6-13/h2-4,12-13H,5-6H2,1H3. The van der Waals surface area contributed by atoms with E-state index in [4.69, 9.17) is 10.2 Å². The number of ether oxygens (including phenoxy) is 2. The summed E-state index contributed by atoms with van der Waals surface area (Å²) in [6.45, 7) is -1.84. The molecule has 10 heteroatoms. The van der Waals surface area contributed by atoms with E-state index in [-0.39, 0.29) is 11.1 Å². The monoisotopic (exact) mass is 320 g/mol. The van der Waals surface area contributed by atoms with E-state index < -0.39 is 40.5 Å². The Morgan fingerprint density at radius 2 is 1.43 bits per heavy atom. The Morgan fingerprint density at radius 1 is 1.00 bits per heavy atom. The maximum absolute atomic E-state index is 11.6. The first-order valence-electron chi connectivity index (χ1n) is 5.37. The molecular formula is C11H12O9S. The molecule has 0 atom stereocenters. The minimum absolute atomic E-state index is 0.313. The van der Waals surface area contributed by atoms with E-state index in [9.17, 15) is 18.0 Å². The molecule has 0 aliphatic carbocycles. The van der Waals surface area contributed by atoms with Gasteiger partial charge in [-0.15, -0.1) is 0 Å². The van der Waals surface area contributed by atoms with Gasteiger partial charge in [-0.25, -0.2) is 9.59 Å². The first kappa shape index (κ1) is 17.0. The van der Waals surface area contributed by atoms with Gasteiger partial charge in [-0.05, 0) is 18.2 Å². The number of aliphatic hydroxyl groups is 2. The molecule has 0 spiro atoms. The van der Waals surface area contributed by atoms with E-state index in [0.29, 0.717) is 0 Å². The molecule has 1 aromatic rings. The minimum atomic E-state index is -4.18. The fraction of sp³-hybridized carbons (Fsp3) is 0.273. The Labute approximate surface area is 119 Å². The first-order valence-corrected chi connectivity index (χ1v) is 6.78. The SMILES string of the molecule is COS(=O)(=O)c1cc(C(=O)OCO)cc(C(=O)OCO)c1. The van der Waals surface area contributed by atoms with Crippen LogP contribution in [0.2, 0.25) is 0 Å². The predicted octanol–water partition coefficient (Wildman–Crippen LogP) is -0.765. The Bertz CT molecular complexity index is 599. The average molecular weight is 320 g/mol. The molecule has 0 fully saturated rings. The molecule has 0 saturated carbocycles. The Balaban J connectivity index is 3.39. The molecule has 0 saturated heterocycles. The lowest BCUT2D eigenvalue weighted by Gasteiger charge is -2.08. The third-order valence-corrected chi connectivity index (χ3v) is 3.53. The van der Waals surface area contributed by atoms with E-state index in [1.54, 1.807) is 0 Å². The summed E-state index contributed by atoms with van der Waals surface area (Å²) in [6.07, 6.45) is 0. The second kappa shape index (κ2) is 7.13. The lowest BCUT2D eigenvalue weighted by atomic mass is 10.1. The maximum Gasteiger partial charge on any atom is 0.340 e. The normalized spacial score (nSPS) is 11.0. The number of aliphatic hydroxyl groups excluding tert-OH is 2. The smallest absolute Gasteiger partial charge is 0.340 e. The van der Waals surface area contributed by atoms with Crippen molar-refractivity contribution in [1.29, 1.82) is 0 Å². The minimum Gasteiger partial charge on any atom is -0.435 e. The van der Waals surface area contributed by atoms with Crippen LogP contribution in [0.1, 0.15) is 20.7 Å². The van der Waals surface area contributed by atoms with Gasteiger partial charge in [0.1, 0.15) is 0 Å². The van der Waals surface area contributed by atoms with Gasteiger partial charge in [0.25, 0.3) is 10.1 Å². The van der Waals surface area contributed by atoms with Crippen LogP contribution >= 0.6 is 0 Å². The summed E-state index contributed by atoms with van der Waals surface area (Å²) in [5.41, 5.74) is -0.626. The van der Waals surface area contributed by atoms with Gasteiger partial charge in [0, 0.05) is 0 Å². The number of carbonyl (C=O) groups is 2. The van der Waals surface area contributed by atoms with Crippen LogP contribution in [0.25, 0.3) is 0 Å². The second-order valence-electron chi connectivity index (χ2n) is 3.49. The van der Waals surface area contributed by atoms with Crippen molar-refractivity contribution in [2.45, 2.75) is 4.90 Å². The van der Waals surface area contributed by atoms with Crippen molar-refractivity contribution in [3.63, 3.8) is 0 Å². The highest BCUT2D eigenvalue weighted by atomic mass is 32.2. The largest absolute Gasteiger partial charge is 0.435 e. The highest BCUT2D eigenvalue weighted by Crippen LogP contribution is 2.18. The van der Waals surface area contributed by atoms with Crippen molar-refractivity contribution in [3.8, 4) is 0 Å². The quantitative estimate of drug-likeness (QED) is 0.393. The maximum atomic E-state index is 11.6. The number of rotatable bonds is 6. The van der Waals surface area contributed by atoms with Gasteiger partial charge in [0.15, 0.2) is 13.6 Å². The van der Waals surface area contributed by atoms with Crippen LogP contribution in [-0.4, -0.2) is 51.3 Å². The summed E-state index contributed by atoms with van der Waals surface area (Å²) in [7, 11) is -3.28. The van der Waals surface area contributed by atoms with Gasteiger partial charge in [-0.2, -0.15) is 8.42 Å². The molecule has 1 rings (SSSR count). The van der Waals surface area contributed by atoms with Crippen LogP contribution in [0.5, 0.6) is 0 Å². The van der Waals surface area contributed by atoms with Crippen molar-refractivity contribution in [2.24, 2.45) is 0 Å². The highest BCUT2D eigenvalue weighted by molar-refractivity contribution is 7.86. The molecular weight excluding hydrogens is 308 g/mol. The lowest BCUT2D eigenvalue weighted by molar-refractivity contribution is 0.00665. The van der Waals surface area contributed by atoms with Crippen molar-refractivity contribution >= 4 is 22.1 Å². The molecule has 0 bridgehead atoms. The van der Waals surface area contributed by atoms with Gasteiger partial charge in [-0.3, -0.25) is 4.18 Å². The molecule has 0 amide bonds. The Hall–Kier alpha value is -2.01. The summed E-state index contributed by atoms with van der Waals surface area (Å²) in [6, 6.07) is 2.81. The van der Waals surface area contributed by atoms with E-state index in [2.05, 4.69) is 13.7 Å². The molecule has 0 unspecified atom stereocenters. The molecule has 21 heavy (non-hydrogen) atoms. The molecule has 116 valence electrons. The molecule has 0 aromatic heterocycles. The summed E-state index contributed by atoms with van der Waals surface area (Å²) < 4.78 is 36.2. The summed E-state index contributed by atoms with van der Waals surface area (Å²) >= 11 is 0. The zero-order valence-corrected chi connectivity index (χ0v) is 11.6. The number of benzene rings is 1. The molecule has 0 radical (unpaired) electrons. The van der Waals surface area contributed by atoms with Crippen LogP contribution in [0.3, 0.4) is 0 Å². The van der Waals surface area contributed by atoms with Crippen molar-refractivity contribution < 1.29 is 41.9 Å². The second-order valence-corrected chi connectivity index (χ2v) is 5.20. The van der Waals surface area contributed by atoms with Gasteiger partial charge in [-0.1, -0.05) is 0 Å². The Morgan fingerprint density at radius 3 is 1.76 bits per heavy atom. The fourth-order valence-corrected chi connectivity index (χ4v) is 2.09. The van der Waals surface area contributed by atoms with Crippen LogP contribution in [0.4, 0.5) is 0 Å². The van der Waals surface area contributed by atoms with E-state index in [1.165, 1.54) is 0 Å². The molecule has 0 heterocycles. The highest BCUT2D eigenvalue weighted by Gasteiger charge is 2.21. The van der Waals surface area contributed by atoms with Crippen molar-refractivity contribution in [2.75, 3.05) is 20.7 Å². The molecule has 2 N–H and O–H groups in total. The van der Waals surface area contributed by atoms with Crippen LogP contribution in [0.15, 0.2) is 23.1 Å². The number of hydrogen-bond acceptors (Lipinski definition) is 9. The molecule has 9 nitrogen and oxygen atoms in total. The summed E-state index contributed by atoms with van der Waals surface area (Å²) in [5.74, 6) is -2.10. The van der Waals surface area contributed by atoms with Gasteiger partial charge in [0.2, 0.25) is 0 Å². The fourth-order valence-electron chi connectivity index (χ4n) is 1.36. The summed E-state index contributed by atoms with van der Waals surface area (Å²) in [5, 5.41) is 17.1. The average Bonchev–Trinajstić information content (AvgIpc) is 2.47. The van der Waals surface area contributed by atoms with E-state index >= 15 is 0 Å². The van der Waals surface area contributed by atoms with Crippen LogP contribution in [-0.2, 0) is 23.8 Å². The first-order chi connectivity index (χ1) is 9.85. The predicted molar refractivity (Wildman–Crippen MR) is 65.6 cm³/mol. The topological polar surface area (TPSA) is 136 Å². The van der Waals surface area contributed by atoms with E-state index in [1.807, 2.05) is 0 Å². The number of esters is 2. The zero-order valence-electron chi connectivity index (χ0n) is 10.8. The molecule has 0 aliphatic rings. The number of hydrogen-bond donors (Lipinski definition) is 2. The number of carbonyl (C=O) groups excluding carboxylic acids is 2. The third-order valence-electron chi connectivity index (χ3n) is 2.28. The van der Waals surface area contributed by atoms with Crippen LogP contribution in [0, 0.1) is 0 Å². The van der Waals surface area contributed by atoms with Crippen molar-refractivity contribution in [3.05, 3.63) is 29.3 Å². The summed E-state index contributed by atoms with van der Waals surface area (Å²) in [4.78, 5) is 22.6. The lowest BCUT2D eigenvalue weighted by Crippen LogP contribution is -2.13. The molecule has 1 aromatic carbocycles. The zero-order chi connectivity index (χ0) is 16.0. The van der Waals surface area contributed by atoms with Gasteiger partial charge >= 0.3 is 11.9 Å². The Kier molecular flexibility index (Phi) is 5.79. The molecule has 0 aliphatic heterocycles. The van der Waals surface area contributed by atoms with Crippen molar-refractivity contribution in [1.82, 2.24) is 0 Å².